The molecule has 108 valence electrons. The average molecular weight is 254 g/mol. The van der Waals surface area contributed by atoms with Crippen molar-refractivity contribution in [3.05, 3.63) is 0 Å². The van der Waals surface area contributed by atoms with E-state index in [1.807, 2.05) is 0 Å². The summed E-state index contributed by atoms with van der Waals surface area (Å²) in [5.41, 5.74) is 0.539. The lowest BCUT2D eigenvalue weighted by molar-refractivity contribution is 0.133. The summed E-state index contributed by atoms with van der Waals surface area (Å²) in [4.78, 5) is 5.08. The van der Waals surface area contributed by atoms with E-state index in [2.05, 4.69) is 37.6 Å². The molecule has 1 saturated heterocycles. The highest BCUT2D eigenvalue weighted by atomic mass is 15.2. The summed E-state index contributed by atoms with van der Waals surface area (Å²) in [6, 6.07) is 0. The Kier molecular flexibility index (Phi) is 7.25. The zero-order valence-corrected chi connectivity index (χ0v) is 13.2. The van der Waals surface area contributed by atoms with Crippen LogP contribution in [-0.2, 0) is 0 Å². The second kappa shape index (κ2) is 8.16. The van der Waals surface area contributed by atoms with Crippen molar-refractivity contribution in [2.24, 2.45) is 5.41 Å². The third kappa shape index (κ3) is 6.75. The molecule has 2 nitrogen and oxygen atoms in total. The van der Waals surface area contributed by atoms with E-state index in [4.69, 9.17) is 0 Å². The highest BCUT2D eigenvalue weighted by Crippen LogP contribution is 2.28. The monoisotopic (exact) mass is 254 g/mol. The summed E-state index contributed by atoms with van der Waals surface area (Å²) in [7, 11) is 2.23. The predicted molar refractivity (Wildman–Crippen MR) is 81.1 cm³/mol. The fraction of sp³-hybridized carbons (Fsp3) is 1.00. The van der Waals surface area contributed by atoms with E-state index < -0.39 is 0 Å². The number of likely N-dealkylation sites (N-methyl/N-ethyl adjacent to an activating group) is 1. The summed E-state index contributed by atoms with van der Waals surface area (Å²) in [6.07, 6.45) is 8.37. The molecule has 0 amide bonds. The summed E-state index contributed by atoms with van der Waals surface area (Å²) in [6.45, 7) is 13.5. The lowest BCUT2D eigenvalue weighted by atomic mass is 9.83. The number of rotatable bonds is 8. The predicted octanol–water partition coefficient (Wildman–Crippen LogP) is 3.62. The van der Waals surface area contributed by atoms with Gasteiger partial charge in [0.2, 0.25) is 0 Å². The van der Waals surface area contributed by atoms with Crippen LogP contribution in [0, 0.1) is 5.41 Å². The molecule has 1 heterocycles. The smallest absolute Gasteiger partial charge is 0.0110 e. The first-order valence-electron chi connectivity index (χ1n) is 7.94. The molecule has 18 heavy (non-hydrogen) atoms. The molecule has 1 rings (SSSR count). The van der Waals surface area contributed by atoms with Crippen molar-refractivity contribution in [2.75, 3.05) is 39.8 Å². The third-order valence-corrected chi connectivity index (χ3v) is 4.41. The molecule has 0 aromatic carbocycles. The van der Waals surface area contributed by atoms with Crippen LogP contribution in [0.5, 0.6) is 0 Å². The van der Waals surface area contributed by atoms with Crippen LogP contribution in [0.4, 0.5) is 0 Å². The second-order valence-electron chi connectivity index (χ2n) is 6.87. The molecule has 0 radical (unpaired) electrons. The first kappa shape index (κ1) is 16.0. The van der Waals surface area contributed by atoms with Crippen molar-refractivity contribution >= 4 is 0 Å². The Hall–Kier alpha value is -0.0800. The maximum atomic E-state index is 2.65. The molecule has 0 spiro atoms. The molecule has 0 N–H and O–H groups in total. The van der Waals surface area contributed by atoms with E-state index in [0.717, 1.165) is 0 Å². The summed E-state index contributed by atoms with van der Waals surface area (Å²) in [5, 5.41) is 0. The summed E-state index contributed by atoms with van der Waals surface area (Å²) in [5.74, 6) is 0. The molecule has 0 atom stereocenters. The maximum Gasteiger partial charge on any atom is 0.0110 e. The Morgan fingerprint density at radius 1 is 0.889 bits per heavy atom. The lowest BCUT2D eigenvalue weighted by Gasteiger charge is -2.35. The van der Waals surface area contributed by atoms with Crippen molar-refractivity contribution < 1.29 is 0 Å². The number of piperazine rings is 1. The molecule has 0 bridgehead atoms. The summed E-state index contributed by atoms with van der Waals surface area (Å²) < 4.78 is 0. The Balaban J connectivity index is 2.12. The molecule has 2 heteroatoms. The highest BCUT2D eigenvalue weighted by molar-refractivity contribution is 4.74. The molecular weight excluding hydrogens is 220 g/mol. The second-order valence-corrected chi connectivity index (χ2v) is 6.87. The van der Waals surface area contributed by atoms with Crippen molar-refractivity contribution in [3.63, 3.8) is 0 Å². The Morgan fingerprint density at radius 2 is 1.56 bits per heavy atom. The Labute approximate surface area is 115 Å². The van der Waals surface area contributed by atoms with Crippen LogP contribution in [0.3, 0.4) is 0 Å². The van der Waals surface area contributed by atoms with Crippen molar-refractivity contribution in [2.45, 2.75) is 59.3 Å². The van der Waals surface area contributed by atoms with Gasteiger partial charge in [0, 0.05) is 26.2 Å². The highest BCUT2D eigenvalue weighted by Gasteiger charge is 2.20. The topological polar surface area (TPSA) is 6.48 Å². The van der Waals surface area contributed by atoms with Crippen LogP contribution in [0.1, 0.15) is 59.3 Å². The van der Waals surface area contributed by atoms with Gasteiger partial charge in [0.25, 0.3) is 0 Å². The Bertz CT molecular complexity index is 205. The van der Waals surface area contributed by atoms with Gasteiger partial charge in [-0.1, -0.05) is 46.5 Å². The standard InChI is InChI=1S/C16H34N2/c1-5-6-7-8-9-16(2,3)10-11-18-14-12-17(4)13-15-18/h5-15H2,1-4H3. The zero-order chi connectivity index (χ0) is 13.4. The number of nitrogens with zero attached hydrogens (tertiary/aromatic N) is 2. The zero-order valence-electron chi connectivity index (χ0n) is 13.2. The number of unbranched alkanes of at least 4 members (excludes halogenated alkanes) is 3. The van der Waals surface area contributed by atoms with E-state index in [9.17, 15) is 0 Å². The van der Waals surface area contributed by atoms with Gasteiger partial charge in [-0.3, -0.25) is 0 Å². The largest absolute Gasteiger partial charge is 0.304 e. The molecule has 1 aliphatic rings. The lowest BCUT2D eigenvalue weighted by Crippen LogP contribution is -2.45. The molecule has 0 aliphatic carbocycles. The van der Waals surface area contributed by atoms with Gasteiger partial charge in [0.15, 0.2) is 0 Å². The fourth-order valence-electron chi connectivity index (χ4n) is 2.69. The van der Waals surface area contributed by atoms with Crippen LogP contribution in [0.15, 0.2) is 0 Å². The van der Waals surface area contributed by atoms with Gasteiger partial charge >= 0.3 is 0 Å². The van der Waals surface area contributed by atoms with Gasteiger partial charge in [0.1, 0.15) is 0 Å². The first-order chi connectivity index (χ1) is 8.53. The summed E-state index contributed by atoms with van der Waals surface area (Å²) >= 11 is 0. The van der Waals surface area contributed by atoms with Crippen molar-refractivity contribution in [1.29, 1.82) is 0 Å². The molecule has 0 aromatic heterocycles. The van der Waals surface area contributed by atoms with Crippen LogP contribution in [0.2, 0.25) is 0 Å². The first-order valence-corrected chi connectivity index (χ1v) is 7.94. The van der Waals surface area contributed by atoms with Gasteiger partial charge in [0.05, 0.1) is 0 Å². The molecular formula is C16H34N2. The molecule has 0 aromatic rings. The van der Waals surface area contributed by atoms with Gasteiger partial charge in [-0.2, -0.15) is 0 Å². The van der Waals surface area contributed by atoms with Crippen LogP contribution in [-0.4, -0.2) is 49.6 Å². The minimum atomic E-state index is 0.539. The maximum absolute atomic E-state index is 2.65. The van der Waals surface area contributed by atoms with Gasteiger partial charge in [-0.15, -0.1) is 0 Å². The van der Waals surface area contributed by atoms with E-state index in [-0.39, 0.29) is 0 Å². The fourth-order valence-corrected chi connectivity index (χ4v) is 2.69. The number of hydrogen-bond acceptors (Lipinski definition) is 2. The van der Waals surface area contributed by atoms with Crippen molar-refractivity contribution in [3.8, 4) is 0 Å². The molecule has 0 saturated carbocycles. The normalized spacial score (nSPS) is 19.3. The van der Waals surface area contributed by atoms with Crippen LogP contribution < -0.4 is 0 Å². The molecule has 1 aliphatic heterocycles. The van der Waals surface area contributed by atoms with E-state index >= 15 is 0 Å². The minimum absolute atomic E-state index is 0.539. The SMILES string of the molecule is CCCCCCC(C)(C)CCN1CCN(C)CC1. The quantitative estimate of drug-likeness (QED) is 0.610. The van der Waals surface area contributed by atoms with Gasteiger partial charge in [-0.05, 0) is 31.8 Å². The van der Waals surface area contributed by atoms with Crippen molar-refractivity contribution in [1.82, 2.24) is 9.80 Å². The van der Waals surface area contributed by atoms with Crippen LogP contribution in [0.25, 0.3) is 0 Å². The van der Waals surface area contributed by atoms with Gasteiger partial charge in [-0.25, -0.2) is 0 Å². The average Bonchev–Trinajstić information content (AvgIpc) is 2.34. The van der Waals surface area contributed by atoms with E-state index in [0.29, 0.717) is 5.41 Å². The molecule has 1 fully saturated rings. The van der Waals surface area contributed by atoms with E-state index in [1.165, 1.54) is 71.2 Å². The van der Waals surface area contributed by atoms with Gasteiger partial charge < -0.3 is 9.80 Å². The molecule has 0 unspecified atom stereocenters. The Morgan fingerprint density at radius 3 is 2.17 bits per heavy atom. The van der Waals surface area contributed by atoms with Crippen LogP contribution >= 0.6 is 0 Å². The third-order valence-electron chi connectivity index (χ3n) is 4.41. The number of hydrogen-bond donors (Lipinski definition) is 0. The minimum Gasteiger partial charge on any atom is -0.304 e. The van der Waals surface area contributed by atoms with E-state index in [1.54, 1.807) is 0 Å².